The molecule has 0 bridgehead atoms. The number of rotatable bonds is 6. The third kappa shape index (κ3) is 4.46. The average Bonchev–Trinajstić information content (AvgIpc) is 2.53. The van der Waals surface area contributed by atoms with Gasteiger partial charge in [0, 0.05) is 5.02 Å². The Labute approximate surface area is 140 Å². The molecular formula is C16H16ClNO4S. The number of hydrogen-bond acceptors (Lipinski definition) is 4. The van der Waals surface area contributed by atoms with Crippen molar-refractivity contribution >= 4 is 33.3 Å². The number of benzene rings is 2. The van der Waals surface area contributed by atoms with Crippen LogP contribution in [0.15, 0.2) is 53.4 Å². The second-order valence-corrected chi connectivity index (χ2v) is 6.86. The lowest BCUT2D eigenvalue weighted by Crippen LogP contribution is -2.16. The van der Waals surface area contributed by atoms with Crippen LogP contribution in [0, 0.1) is 0 Å². The van der Waals surface area contributed by atoms with E-state index in [1.54, 1.807) is 12.1 Å². The van der Waals surface area contributed by atoms with Crippen LogP contribution in [0.25, 0.3) is 0 Å². The summed E-state index contributed by atoms with van der Waals surface area (Å²) in [5.41, 5.74) is 0.335. The minimum Gasteiger partial charge on any atom is -0.462 e. The van der Waals surface area contributed by atoms with Crippen LogP contribution >= 0.6 is 11.6 Å². The summed E-state index contributed by atoms with van der Waals surface area (Å²) in [6.45, 7) is 2.15. The van der Waals surface area contributed by atoms with Gasteiger partial charge in [0.2, 0.25) is 0 Å². The van der Waals surface area contributed by atoms with Crippen molar-refractivity contribution in [2.75, 3.05) is 11.3 Å². The van der Waals surface area contributed by atoms with E-state index in [9.17, 15) is 13.2 Å². The van der Waals surface area contributed by atoms with Crippen LogP contribution < -0.4 is 4.72 Å². The Morgan fingerprint density at radius 3 is 2.43 bits per heavy atom. The first kappa shape index (κ1) is 17.3. The summed E-state index contributed by atoms with van der Waals surface area (Å²) in [5, 5.41) is 0.437. The molecule has 122 valence electrons. The minimum absolute atomic E-state index is 0.0543. The van der Waals surface area contributed by atoms with Crippen LogP contribution in [0.3, 0.4) is 0 Å². The predicted octanol–water partition coefficient (Wildman–Crippen LogP) is 3.71. The monoisotopic (exact) mass is 353 g/mol. The van der Waals surface area contributed by atoms with E-state index < -0.39 is 16.0 Å². The highest BCUT2D eigenvalue weighted by Gasteiger charge is 2.19. The molecule has 0 fully saturated rings. The lowest BCUT2D eigenvalue weighted by Gasteiger charge is -2.12. The number of ether oxygens (including phenoxy) is 1. The molecule has 0 spiro atoms. The largest absolute Gasteiger partial charge is 0.462 e. The molecule has 0 aliphatic heterocycles. The molecule has 5 nitrogen and oxygen atoms in total. The second-order valence-electron chi connectivity index (χ2n) is 4.74. The van der Waals surface area contributed by atoms with Crippen molar-refractivity contribution in [3.63, 3.8) is 0 Å². The van der Waals surface area contributed by atoms with Crippen molar-refractivity contribution in [3.8, 4) is 0 Å². The summed E-state index contributed by atoms with van der Waals surface area (Å²) in [5.74, 6) is -0.568. The Morgan fingerprint density at radius 1 is 1.13 bits per heavy atom. The minimum atomic E-state index is -3.82. The fourth-order valence-corrected chi connectivity index (χ4v) is 3.05. The number of carbonyl (C=O) groups is 1. The lowest BCUT2D eigenvalue weighted by molar-refractivity contribution is 0.0506. The van der Waals surface area contributed by atoms with Gasteiger partial charge in [-0.3, -0.25) is 4.72 Å². The van der Waals surface area contributed by atoms with Gasteiger partial charge in [-0.15, -0.1) is 0 Å². The quantitative estimate of drug-likeness (QED) is 0.803. The third-order valence-electron chi connectivity index (χ3n) is 2.95. The molecule has 0 amide bonds. The van der Waals surface area contributed by atoms with Crippen molar-refractivity contribution in [2.45, 2.75) is 18.2 Å². The summed E-state index contributed by atoms with van der Waals surface area (Å²) in [7, 11) is -3.82. The highest BCUT2D eigenvalue weighted by molar-refractivity contribution is 7.92. The topological polar surface area (TPSA) is 72.5 Å². The van der Waals surface area contributed by atoms with E-state index in [4.69, 9.17) is 16.3 Å². The standard InChI is InChI=1S/C16H16ClNO4S/c1-2-11-22-16(19)14-5-3-4-6-15(14)18-23(20,21)13-9-7-12(17)8-10-13/h3-10,18H,2,11H2,1H3. The van der Waals surface area contributed by atoms with Crippen molar-refractivity contribution in [2.24, 2.45) is 0 Å². The van der Waals surface area contributed by atoms with E-state index >= 15 is 0 Å². The Bertz CT molecular complexity index is 788. The van der Waals surface area contributed by atoms with Crippen LogP contribution in [0.5, 0.6) is 0 Å². The maximum absolute atomic E-state index is 12.4. The molecule has 0 aromatic heterocycles. The van der Waals surface area contributed by atoms with Gasteiger partial charge < -0.3 is 4.74 Å². The SMILES string of the molecule is CCCOC(=O)c1ccccc1NS(=O)(=O)c1ccc(Cl)cc1. The van der Waals surface area contributed by atoms with Crippen LogP contribution in [-0.4, -0.2) is 21.0 Å². The number of nitrogens with one attached hydrogen (secondary N) is 1. The number of hydrogen-bond donors (Lipinski definition) is 1. The first-order valence-corrected chi connectivity index (χ1v) is 8.84. The number of esters is 1. The van der Waals surface area contributed by atoms with Crippen LogP contribution in [0.1, 0.15) is 23.7 Å². The van der Waals surface area contributed by atoms with E-state index in [1.807, 2.05) is 6.92 Å². The summed E-state index contributed by atoms with van der Waals surface area (Å²) in [6.07, 6.45) is 0.685. The fourth-order valence-electron chi connectivity index (χ4n) is 1.84. The Morgan fingerprint density at radius 2 is 1.78 bits per heavy atom. The van der Waals surface area contributed by atoms with Gasteiger partial charge in [-0.25, -0.2) is 13.2 Å². The molecule has 0 aliphatic rings. The van der Waals surface area contributed by atoms with Crippen LogP contribution in [-0.2, 0) is 14.8 Å². The second kappa shape index (κ2) is 7.48. The molecule has 2 rings (SSSR count). The van der Waals surface area contributed by atoms with E-state index in [0.29, 0.717) is 11.4 Å². The van der Waals surface area contributed by atoms with Gasteiger partial charge in [0.1, 0.15) is 0 Å². The lowest BCUT2D eigenvalue weighted by atomic mass is 10.2. The predicted molar refractivity (Wildman–Crippen MR) is 89.3 cm³/mol. The third-order valence-corrected chi connectivity index (χ3v) is 4.59. The fraction of sp³-hybridized carbons (Fsp3) is 0.188. The first-order valence-electron chi connectivity index (χ1n) is 6.98. The molecule has 0 saturated carbocycles. The maximum atomic E-state index is 12.4. The van der Waals surface area contributed by atoms with Gasteiger partial charge in [0.25, 0.3) is 10.0 Å². The van der Waals surface area contributed by atoms with Crippen molar-refractivity contribution in [1.29, 1.82) is 0 Å². The number of sulfonamides is 1. The molecule has 0 radical (unpaired) electrons. The van der Waals surface area contributed by atoms with Gasteiger partial charge >= 0.3 is 5.97 Å². The van der Waals surface area contributed by atoms with E-state index in [0.717, 1.165) is 0 Å². The molecule has 0 saturated heterocycles. The Balaban J connectivity index is 2.29. The highest BCUT2D eigenvalue weighted by atomic mass is 35.5. The summed E-state index contributed by atoms with van der Waals surface area (Å²) >= 11 is 5.76. The van der Waals surface area contributed by atoms with Crippen LogP contribution in [0.4, 0.5) is 5.69 Å². The molecule has 2 aromatic carbocycles. The molecule has 0 aliphatic carbocycles. The van der Waals surface area contributed by atoms with Gasteiger partial charge in [0.05, 0.1) is 22.8 Å². The number of para-hydroxylation sites is 1. The van der Waals surface area contributed by atoms with Crippen LogP contribution in [0.2, 0.25) is 5.02 Å². The van der Waals surface area contributed by atoms with E-state index in [-0.39, 0.29) is 22.8 Å². The molecule has 23 heavy (non-hydrogen) atoms. The zero-order valence-corrected chi connectivity index (χ0v) is 14.0. The normalized spacial score (nSPS) is 11.0. The highest BCUT2D eigenvalue weighted by Crippen LogP contribution is 2.22. The summed E-state index contributed by atoms with van der Waals surface area (Å²) < 4.78 is 32.3. The number of anilines is 1. The summed E-state index contributed by atoms with van der Waals surface area (Å²) in [4.78, 5) is 12.1. The number of halogens is 1. The average molecular weight is 354 g/mol. The summed E-state index contributed by atoms with van der Waals surface area (Å²) in [6, 6.07) is 12.0. The zero-order valence-electron chi connectivity index (χ0n) is 12.5. The molecule has 0 atom stereocenters. The van der Waals surface area contributed by atoms with Crippen molar-refractivity contribution < 1.29 is 17.9 Å². The molecular weight excluding hydrogens is 338 g/mol. The molecule has 1 N–H and O–H groups in total. The van der Waals surface area contributed by atoms with E-state index in [2.05, 4.69) is 4.72 Å². The molecule has 2 aromatic rings. The van der Waals surface area contributed by atoms with Crippen molar-refractivity contribution in [3.05, 3.63) is 59.1 Å². The van der Waals surface area contributed by atoms with Crippen molar-refractivity contribution in [1.82, 2.24) is 0 Å². The Kier molecular flexibility index (Phi) is 5.63. The van der Waals surface area contributed by atoms with Gasteiger partial charge in [-0.05, 0) is 42.8 Å². The number of carbonyl (C=O) groups excluding carboxylic acids is 1. The smallest absolute Gasteiger partial charge is 0.340 e. The maximum Gasteiger partial charge on any atom is 0.340 e. The molecule has 0 unspecified atom stereocenters. The van der Waals surface area contributed by atoms with Gasteiger partial charge in [-0.1, -0.05) is 30.7 Å². The first-order chi connectivity index (χ1) is 10.9. The molecule has 0 heterocycles. The Hall–Kier alpha value is -2.05. The van der Waals surface area contributed by atoms with E-state index in [1.165, 1.54) is 36.4 Å². The molecule has 7 heteroatoms. The van der Waals surface area contributed by atoms with Gasteiger partial charge in [0.15, 0.2) is 0 Å². The van der Waals surface area contributed by atoms with Gasteiger partial charge in [-0.2, -0.15) is 0 Å². The zero-order chi connectivity index (χ0) is 16.9.